The summed E-state index contributed by atoms with van der Waals surface area (Å²) >= 11 is 0. The van der Waals surface area contributed by atoms with E-state index in [4.69, 9.17) is 12.2 Å². The third kappa shape index (κ3) is 3.42. The first-order chi connectivity index (χ1) is 9.93. The van der Waals surface area contributed by atoms with Crippen LogP contribution in [-0.2, 0) is 23.1 Å². The van der Waals surface area contributed by atoms with Crippen LogP contribution in [0.4, 0.5) is 5.69 Å². The van der Waals surface area contributed by atoms with E-state index in [2.05, 4.69) is 11.0 Å². The van der Waals surface area contributed by atoms with Crippen molar-refractivity contribution in [1.29, 1.82) is 0 Å². The molecule has 0 aliphatic rings. The molecular formula is C14H16N4O2S. The molecule has 0 saturated heterocycles. The number of benzene rings is 1. The lowest BCUT2D eigenvalue weighted by Crippen LogP contribution is -2.26. The van der Waals surface area contributed by atoms with Crippen LogP contribution in [0.5, 0.6) is 0 Å². The maximum atomic E-state index is 12.4. The molecule has 7 heteroatoms. The third-order valence-electron chi connectivity index (χ3n) is 2.93. The molecule has 2 N–H and O–H groups in total. The number of hydrogen-bond donors (Lipinski definition) is 1. The van der Waals surface area contributed by atoms with Gasteiger partial charge in [0.25, 0.3) is 0 Å². The van der Waals surface area contributed by atoms with Crippen molar-refractivity contribution in [2.75, 3.05) is 12.8 Å². The highest BCUT2D eigenvalue weighted by Crippen LogP contribution is 2.17. The minimum Gasteiger partial charge on any atom is -0.399 e. The second-order valence-corrected chi connectivity index (χ2v) is 6.63. The molecule has 0 aliphatic heterocycles. The van der Waals surface area contributed by atoms with Crippen molar-refractivity contribution in [3.8, 4) is 12.3 Å². The Kier molecular flexibility index (Phi) is 4.31. The van der Waals surface area contributed by atoms with E-state index in [9.17, 15) is 8.42 Å². The van der Waals surface area contributed by atoms with Crippen molar-refractivity contribution < 1.29 is 8.42 Å². The Morgan fingerprint density at radius 1 is 1.38 bits per heavy atom. The Morgan fingerprint density at radius 3 is 2.67 bits per heavy atom. The van der Waals surface area contributed by atoms with E-state index in [1.807, 2.05) is 0 Å². The van der Waals surface area contributed by atoms with Gasteiger partial charge in [-0.1, -0.05) is 5.92 Å². The van der Waals surface area contributed by atoms with E-state index in [1.165, 1.54) is 23.5 Å². The summed E-state index contributed by atoms with van der Waals surface area (Å²) in [4.78, 5) is 0.204. The highest BCUT2D eigenvalue weighted by atomic mass is 32.2. The summed E-state index contributed by atoms with van der Waals surface area (Å²) in [7, 11) is -2.04. The van der Waals surface area contributed by atoms with Crippen molar-refractivity contribution in [2.45, 2.75) is 18.0 Å². The second-order valence-electron chi connectivity index (χ2n) is 4.58. The van der Waals surface area contributed by atoms with Crippen molar-refractivity contribution >= 4 is 15.7 Å². The number of sulfonamides is 1. The molecule has 1 aromatic heterocycles. The van der Waals surface area contributed by atoms with Crippen molar-refractivity contribution in [3.05, 3.63) is 42.2 Å². The molecule has 0 radical (unpaired) electrons. The van der Waals surface area contributed by atoms with Gasteiger partial charge in [-0.15, -0.1) is 6.42 Å². The van der Waals surface area contributed by atoms with E-state index >= 15 is 0 Å². The summed E-state index contributed by atoms with van der Waals surface area (Å²) in [5.41, 5.74) is 6.86. The normalized spacial score (nSPS) is 11.5. The first kappa shape index (κ1) is 15.1. The number of rotatable bonds is 5. The molecular weight excluding hydrogens is 288 g/mol. The molecule has 0 fully saturated rings. The molecule has 0 aliphatic carbocycles. The average molecular weight is 304 g/mol. The van der Waals surface area contributed by atoms with Gasteiger partial charge in [0.2, 0.25) is 10.0 Å². The molecule has 21 heavy (non-hydrogen) atoms. The lowest BCUT2D eigenvalue weighted by atomic mass is 10.3. The van der Waals surface area contributed by atoms with Crippen LogP contribution in [0.25, 0.3) is 0 Å². The standard InChI is InChI=1S/C14H16N4O2S/c1-3-8-18-11-12(9-16-18)10-17(2)21(19,20)14-6-4-13(15)5-7-14/h1,4-7,9,11H,8,10,15H2,2H3. The van der Waals surface area contributed by atoms with Crippen LogP contribution in [0.15, 0.2) is 41.6 Å². The fraction of sp³-hybridized carbons (Fsp3) is 0.214. The molecule has 1 heterocycles. The number of nitrogens with zero attached hydrogens (tertiary/aromatic N) is 3. The van der Waals surface area contributed by atoms with E-state index in [-0.39, 0.29) is 11.4 Å². The molecule has 0 unspecified atom stereocenters. The monoisotopic (exact) mass is 304 g/mol. The zero-order valence-electron chi connectivity index (χ0n) is 11.6. The molecule has 0 saturated carbocycles. The molecule has 1 aromatic carbocycles. The van der Waals surface area contributed by atoms with Gasteiger partial charge in [-0.25, -0.2) is 8.42 Å². The summed E-state index contributed by atoms with van der Waals surface area (Å²) in [5, 5.41) is 4.06. The van der Waals surface area contributed by atoms with Crippen LogP contribution in [0.3, 0.4) is 0 Å². The average Bonchev–Trinajstić information content (AvgIpc) is 2.87. The lowest BCUT2D eigenvalue weighted by molar-refractivity contribution is 0.466. The molecule has 0 bridgehead atoms. The summed E-state index contributed by atoms with van der Waals surface area (Å²) < 4.78 is 27.7. The number of nitrogens with two attached hydrogens (primary N) is 1. The minimum atomic E-state index is -3.56. The van der Waals surface area contributed by atoms with E-state index in [0.717, 1.165) is 5.56 Å². The number of hydrogen-bond acceptors (Lipinski definition) is 4. The zero-order chi connectivity index (χ0) is 15.5. The topological polar surface area (TPSA) is 81.2 Å². The maximum absolute atomic E-state index is 12.4. The van der Waals surface area contributed by atoms with E-state index in [0.29, 0.717) is 12.2 Å². The number of terminal acetylenes is 1. The van der Waals surface area contributed by atoms with Crippen molar-refractivity contribution in [2.24, 2.45) is 0 Å². The van der Waals surface area contributed by atoms with Crippen molar-refractivity contribution in [3.63, 3.8) is 0 Å². The number of anilines is 1. The Balaban J connectivity index is 2.16. The highest BCUT2D eigenvalue weighted by molar-refractivity contribution is 7.89. The molecule has 0 spiro atoms. The summed E-state index contributed by atoms with van der Waals surface area (Å²) in [6.07, 6.45) is 8.54. The lowest BCUT2D eigenvalue weighted by Gasteiger charge is -2.16. The Morgan fingerprint density at radius 2 is 2.05 bits per heavy atom. The van der Waals surface area contributed by atoms with Crippen molar-refractivity contribution in [1.82, 2.24) is 14.1 Å². The maximum Gasteiger partial charge on any atom is 0.243 e. The molecule has 110 valence electrons. The largest absolute Gasteiger partial charge is 0.399 e. The minimum absolute atomic E-state index is 0.204. The Bertz CT molecular complexity index is 757. The van der Waals surface area contributed by atoms with E-state index in [1.54, 1.807) is 29.2 Å². The fourth-order valence-electron chi connectivity index (χ4n) is 1.83. The van der Waals surface area contributed by atoms with Gasteiger partial charge in [0.1, 0.15) is 6.54 Å². The van der Waals surface area contributed by atoms with Crippen LogP contribution in [0.2, 0.25) is 0 Å². The molecule has 6 nitrogen and oxygen atoms in total. The predicted molar refractivity (Wildman–Crippen MR) is 80.6 cm³/mol. The van der Waals surface area contributed by atoms with Gasteiger partial charge in [-0.05, 0) is 24.3 Å². The summed E-state index contributed by atoms with van der Waals surface area (Å²) in [6, 6.07) is 6.10. The van der Waals surface area contributed by atoms with Gasteiger partial charge in [-0.3, -0.25) is 4.68 Å². The predicted octanol–water partition coefficient (Wildman–Crippen LogP) is 0.919. The molecule has 2 rings (SSSR count). The van der Waals surface area contributed by atoms with Crippen LogP contribution in [-0.4, -0.2) is 29.6 Å². The van der Waals surface area contributed by atoms with Gasteiger partial charge >= 0.3 is 0 Å². The first-order valence-corrected chi connectivity index (χ1v) is 7.64. The quantitative estimate of drug-likeness (QED) is 0.658. The van der Waals surface area contributed by atoms with Gasteiger partial charge in [-0.2, -0.15) is 9.40 Å². The van der Waals surface area contributed by atoms with Gasteiger partial charge in [0.15, 0.2) is 0 Å². The third-order valence-corrected chi connectivity index (χ3v) is 4.75. The van der Waals surface area contributed by atoms with Crippen LogP contribution >= 0.6 is 0 Å². The van der Waals surface area contributed by atoms with Crippen LogP contribution in [0.1, 0.15) is 5.56 Å². The van der Waals surface area contributed by atoms with Gasteiger partial charge in [0.05, 0.1) is 11.1 Å². The summed E-state index contributed by atoms with van der Waals surface area (Å²) in [6.45, 7) is 0.575. The smallest absolute Gasteiger partial charge is 0.243 e. The van der Waals surface area contributed by atoms with E-state index < -0.39 is 10.0 Å². The fourth-order valence-corrected chi connectivity index (χ4v) is 2.99. The van der Waals surface area contributed by atoms with Gasteiger partial charge < -0.3 is 5.73 Å². The Hall–Kier alpha value is -2.30. The second kappa shape index (κ2) is 5.99. The SMILES string of the molecule is C#CCn1cc(CN(C)S(=O)(=O)c2ccc(N)cc2)cn1. The van der Waals surface area contributed by atoms with Crippen LogP contribution in [0, 0.1) is 12.3 Å². The first-order valence-electron chi connectivity index (χ1n) is 6.20. The Labute approximate surface area is 124 Å². The number of aromatic nitrogens is 2. The highest BCUT2D eigenvalue weighted by Gasteiger charge is 2.21. The summed E-state index contributed by atoms with van der Waals surface area (Å²) in [5.74, 6) is 2.47. The van der Waals surface area contributed by atoms with Gasteiger partial charge in [0, 0.05) is 31.0 Å². The molecule has 2 aromatic rings. The zero-order valence-corrected chi connectivity index (χ0v) is 12.4. The van der Waals surface area contributed by atoms with Crippen LogP contribution < -0.4 is 5.73 Å². The molecule has 0 amide bonds. The molecule has 0 atom stereocenters. The number of nitrogen functional groups attached to an aromatic ring is 1.